The zero-order chi connectivity index (χ0) is 11.1. The summed E-state index contributed by atoms with van der Waals surface area (Å²) in [5, 5.41) is 8.41. The van der Waals surface area contributed by atoms with Gasteiger partial charge in [-0.2, -0.15) is 5.10 Å². The van der Waals surface area contributed by atoms with Crippen LogP contribution in [0.3, 0.4) is 0 Å². The van der Waals surface area contributed by atoms with Crippen molar-refractivity contribution in [2.75, 3.05) is 0 Å². The fraction of sp³-hybridized carbons (Fsp3) is 0.364. The van der Waals surface area contributed by atoms with Gasteiger partial charge in [0.15, 0.2) is 0 Å². The van der Waals surface area contributed by atoms with Gasteiger partial charge in [-0.3, -0.25) is 5.10 Å². The fourth-order valence-corrected chi connectivity index (χ4v) is 2.11. The quantitative estimate of drug-likeness (QED) is 0.617. The molecular weight excluding hydrogens is 224 g/mol. The highest BCUT2D eigenvalue weighted by molar-refractivity contribution is 8.68. The first-order valence-corrected chi connectivity index (χ1v) is 6.69. The average molecular weight is 238 g/mol. The number of fused-ring (bicyclic) bond motifs is 1. The Morgan fingerprint density at radius 1 is 1.40 bits per heavy atom. The third-order valence-corrected chi connectivity index (χ3v) is 4.73. The molecule has 1 N–H and O–H groups in total. The summed E-state index contributed by atoms with van der Waals surface area (Å²) in [6.45, 7) is 6.38. The monoisotopic (exact) mass is 238 g/mol. The molecule has 0 atom stereocenters. The van der Waals surface area contributed by atoms with Gasteiger partial charge in [0.2, 0.25) is 0 Å². The number of aromatic amines is 1. The molecule has 0 aliphatic rings. The molecule has 0 amide bonds. The number of benzene rings is 1. The number of nitrogens with zero attached hydrogens (tertiary/aromatic N) is 1. The molecule has 0 bridgehead atoms. The van der Waals surface area contributed by atoms with Crippen molar-refractivity contribution in [3.8, 4) is 0 Å². The molecule has 0 aliphatic heterocycles. The molecule has 0 fully saturated rings. The van der Waals surface area contributed by atoms with Crippen molar-refractivity contribution < 1.29 is 0 Å². The van der Waals surface area contributed by atoms with Gasteiger partial charge in [0, 0.05) is 15.8 Å². The predicted octanol–water partition coefficient (Wildman–Crippen LogP) is 3.68. The summed E-state index contributed by atoms with van der Waals surface area (Å²) in [6, 6.07) is 6.36. The van der Waals surface area contributed by atoms with E-state index >= 15 is 0 Å². The van der Waals surface area contributed by atoms with Gasteiger partial charge < -0.3 is 0 Å². The van der Waals surface area contributed by atoms with E-state index < -0.39 is 0 Å². The maximum Gasteiger partial charge on any atom is 0.0923 e. The van der Waals surface area contributed by atoms with Gasteiger partial charge in [-0.15, -0.1) is 11.7 Å². The highest BCUT2D eigenvalue weighted by atomic mass is 33.1. The molecule has 0 aliphatic carbocycles. The molecule has 15 heavy (non-hydrogen) atoms. The third kappa shape index (κ3) is 1.88. The molecule has 1 aromatic carbocycles. The Morgan fingerprint density at radius 3 is 2.80 bits per heavy atom. The van der Waals surface area contributed by atoms with Crippen molar-refractivity contribution in [3.63, 3.8) is 0 Å². The summed E-state index contributed by atoms with van der Waals surface area (Å²) >= 11 is 4.31. The van der Waals surface area contributed by atoms with E-state index in [4.69, 9.17) is 0 Å². The van der Waals surface area contributed by atoms with Crippen LogP contribution in [0.5, 0.6) is 0 Å². The minimum atomic E-state index is 0.0288. The summed E-state index contributed by atoms with van der Waals surface area (Å²) in [5.74, 6) is 0. The standard InChI is InChI=1S/C11H14N2S2/c1-7-9-6-8(11(2,3)15-14)4-5-10(9)13-12-7/h4-6,14H,1-3H3,(H,12,13). The van der Waals surface area contributed by atoms with Crippen LogP contribution >= 0.6 is 22.5 Å². The second-order valence-electron chi connectivity index (χ2n) is 4.18. The van der Waals surface area contributed by atoms with Crippen LogP contribution in [-0.4, -0.2) is 10.2 Å². The highest BCUT2D eigenvalue weighted by Gasteiger charge is 2.20. The lowest BCUT2D eigenvalue weighted by atomic mass is 10.0. The van der Waals surface area contributed by atoms with E-state index in [9.17, 15) is 0 Å². The Labute approximate surface area is 98.6 Å². The Morgan fingerprint density at radius 2 is 2.13 bits per heavy atom. The second kappa shape index (κ2) is 3.76. The number of rotatable bonds is 2. The molecule has 0 saturated heterocycles. The van der Waals surface area contributed by atoms with Gasteiger partial charge in [0.05, 0.1) is 5.52 Å². The minimum absolute atomic E-state index is 0.0288. The van der Waals surface area contributed by atoms with E-state index in [1.165, 1.54) is 10.9 Å². The highest BCUT2D eigenvalue weighted by Crippen LogP contribution is 2.38. The first-order chi connectivity index (χ1) is 7.04. The summed E-state index contributed by atoms with van der Waals surface area (Å²) in [7, 11) is 1.56. The number of H-pyrrole nitrogens is 1. The number of aryl methyl sites for hydroxylation is 1. The van der Waals surface area contributed by atoms with Crippen molar-refractivity contribution in [2.24, 2.45) is 0 Å². The molecule has 0 saturated carbocycles. The minimum Gasteiger partial charge on any atom is -0.282 e. The number of thiol groups is 1. The maximum atomic E-state index is 4.31. The van der Waals surface area contributed by atoms with E-state index in [1.807, 2.05) is 6.92 Å². The van der Waals surface area contributed by atoms with Crippen LogP contribution < -0.4 is 0 Å². The van der Waals surface area contributed by atoms with Gasteiger partial charge in [0.25, 0.3) is 0 Å². The molecule has 1 heterocycles. The molecule has 1 aromatic heterocycles. The lowest BCUT2D eigenvalue weighted by molar-refractivity contribution is 0.791. The van der Waals surface area contributed by atoms with Gasteiger partial charge in [-0.05, 0) is 38.5 Å². The van der Waals surface area contributed by atoms with E-state index in [-0.39, 0.29) is 4.75 Å². The van der Waals surface area contributed by atoms with E-state index in [0.717, 1.165) is 11.2 Å². The molecule has 0 radical (unpaired) electrons. The third-order valence-electron chi connectivity index (χ3n) is 2.67. The van der Waals surface area contributed by atoms with Crippen molar-refractivity contribution in [1.29, 1.82) is 0 Å². The van der Waals surface area contributed by atoms with Gasteiger partial charge in [-0.25, -0.2) is 0 Å². The zero-order valence-corrected chi connectivity index (χ0v) is 10.7. The average Bonchev–Trinajstić information content (AvgIpc) is 2.60. The molecule has 2 aromatic rings. The van der Waals surface area contributed by atoms with Crippen molar-refractivity contribution >= 4 is 33.4 Å². The van der Waals surface area contributed by atoms with Crippen LogP contribution in [0.25, 0.3) is 10.9 Å². The number of hydrogen-bond acceptors (Lipinski definition) is 3. The van der Waals surface area contributed by atoms with Crippen LogP contribution in [0, 0.1) is 6.92 Å². The molecule has 0 spiro atoms. The topological polar surface area (TPSA) is 28.7 Å². The van der Waals surface area contributed by atoms with Gasteiger partial charge in [0.1, 0.15) is 0 Å². The lowest BCUT2D eigenvalue weighted by Gasteiger charge is -2.21. The van der Waals surface area contributed by atoms with Gasteiger partial charge >= 0.3 is 0 Å². The Kier molecular flexibility index (Phi) is 2.73. The number of hydrogen-bond donors (Lipinski definition) is 2. The van der Waals surface area contributed by atoms with Crippen LogP contribution in [0.15, 0.2) is 18.2 Å². The second-order valence-corrected chi connectivity index (χ2v) is 5.93. The summed E-state index contributed by atoms with van der Waals surface area (Å²) in [5.41, 5.74) is 3.42. The van der Waals surface area contributed by atoms with Crippen LogP contribution in [0.1, 0.15) is 25.1 Å². The zero-order valence-electron chi connectivity index (χ0n) is 9.03. The molecule has 80 valence electrons. The first kappa shape index (κ1) is 10.9. The molecule has 4 heteroatoms. The normalized spacial score (nSPS) is 12.3. The summed E-state index contributed by atoms with van der Waals surface area (Å²) in [6.07, 6.45) is 0. The SMILES string of the molecule is Cc1[nH]nc2ccc(C(C)(C)SS)cc12. The van der Waals surface area contributed by atoms with E-state index in [2.05, 4.69) is 53.9 Å². The molecular formula is C11H14N2S2. The number of aromatic nitrogens is 2. The van der Waals surface area contributed by atoms with E-state index in [1.54, 1.807) is 10.8 Å². The van der Waals surface area contributed by atoms with Crippen molar-refractivity contribution in [2.45, 2.75) is 25.5 Å². The Bertz CT molecular complexity index is 488. The van der Waals surface area contributed by atoms with Crippen molar-refractivity contribution in [1.82, 2.24) is 10.2 Å². The molecule has 2 nitrogen and oxygen atoms in total. The molecule has 2 rings (SSSR count). The largest absolute Gasteiger partial charge is 0.282 e. The predicted molar refractivity (Wildman–Crippen MR) is 70.4 cm³/mol. The Balaban J connectivity index is 2.59. The lowest BCUT2D eigenvalue weighted by Crippen LogP contribution is -2.09. The first-order valence-electron chi connectivity index (χ1n) is 4.82. The van der Waals surface area contributed by atoms with Crippen molar-refractivity contribution in [3.05, 3.63) is 29.5 Å². The summed E-state index contributed by atoms with van der Waals surface area (Å²) < 4.78 is 0.0288. The maximum absolute atomic E-state index is 4.31. The number of nitrogens with one attached hydrogen (secondary N) is 1. The summed E-state index contributed by atoms with van der Waals surface area (Å²) in [4.78, 5) is 0. The Hall–Kier alpha value is -0.610. The van der Waals surface area contributed by atoms with Crippen LogP contribution in [0.4, 0.5) is 0 Å². The molecule has 0 unspecified atom stereocenters. The smallest absolute Gasteiger partial charge is 0.0923 e. The fourth-order valence-electron chi connectivity index (χ4n) is 1.57. The van der Waals surface area contributed by atoms with E-state index in [0.29, 0.717) is 0 Å². The van der Waals surface area contributed by atoms with Crippen LogP contribution in [0.2, 0.25) is 0 Å². The van der Waals surface area contributed by atoms with Gasteiger partial charge in [-0.1, -0.05) is 16.9 Å². The van der Waals surface area contributed by atoms with Crippen LogP contribution in [-0.2, 0) is 4.75 Å².